The van der Waals surface area contributed by atoms with Gasteiger partial charge in [-0.2, -0.15) is 5.10 Å². The van der Waals surface area contributed by atoms with Crippen LogP contribution < -0.4 is 10.7 Å². The van der Waals surface area contributed by atoms with Crippen molar-refractivity contribution in [2.45, 2.75) is 0 Å². The van der Waals surface area contributed by atoms with Gasteiger partial charge in [-0.3, -0.25) is 4.79 Å². The maximum Gasteiger partial charge on any atom is 0.259 e. The van der Waals surface area contributed by atoms with Crippen molar-refractivity contribution < 1.29 is 9.90 Å². The van der Waals surface area contributed by atoms with Gasteiger partial charge in [0.15, 0.2) is 0 Å². The fourth-order valence-electron chi connectivity index (χ4n) is 1.65. The summed E-state index contributed by atoms with van der Waals surface area (Å²) in [4.78, 5) is 11.7. The van der Waals surface area contributed by atoms with Crippen LogP contribution in [0.15, 0.2) is 41.5 Å². The number of phenols is 1. The van der Waals surface area contributed by atoms with E-state index in [2.05, 4.69) is 38.4 Å². The lowest BCUT2D eigenvalue weighted by atomic mass is 10.2. The molecule has 0 fully saturated rings. The first kappa shape index (κ1) is 18.3. The quantitative estimate of drug-likeness (QED) is 0.299. The minimum Gasteiger partial charge on any atom is -0.506 e. The summed E-state index contributed by atoms with van der Waals surface area (Å²) in [6.45, 7) is 0.0782. The normalized spacial score (nSPS) is 10.7. The Balaban J connectivity index is 1.88. The average Bonchev–Trinajstić information content (AvgIpc) is 2.51. The molecule has 0 bridgehead atoms. The van der Waals surface area contributed by atoms with E-state index in [0.717, 1.165) is 12.8 Å². The number of carbonyl (C=O) groups is 1. The average molecular weight is 556 g/mol. The third-order valence-corrected chi connectivity index (χ3v) is 4.44. The Morgan fingerprint density at radius 1 is 1.26 bits per heavy atom. The molecule has 0 saturated carbocycles. The van der Waals surface area contributed by atoms with Crippen molar-refractivity contribution in [1.82, 2.24) is 5.43 Å². The summed E-state index contributed by atoms with van der Waals surface area (Å²) in [6, 6.07) is 10.7. The van der Waals surface area contributed by atoms with E-state index in [1.165, 1.54) is 6.21 Å². The Hall–Kier alpha value is -1.07. The van der Waals surface area contributed by atoms with Crippen LogP contribution in [0.2, 0.25) is 5.02 Å². The number of aromatic hydroxyl groups is 1. The second-order valence-corrected chi connectivity index (χ2v) is 7.32. The Kier molecular flexibility index (Phi) is 6.90. The summed E-state index contributed by atoms with van der Waals surface area (Å²) in [7, 11) is 0. The van der Waals surface area contributed by atoms with Crippen molar-refractivity contribution >= 4 is 74.6 Å². The zero-order valence-electron chi connectivity index (χ0n) is 11.7. The summed E-state index contributed by atoms with van der Waals surface area (Å²) in [6.07, 6.45) is 1.42. The second-order valence-electron chi connectivity index (χ2n) is 4.48. The predicted octanol–water partition coefficient (Wildman–Crippen LogP) is 3.82. The second kappa shape index (κ2) is 8.69. The van der Waals surface area contributed by atoms with E-state index in [9.17, 15) is 9.90 Å². The molecule has 0 aliphatic heterocycles. The minimum absolute atomic E-state index is 0.0782. The molecule has 0 heterocycles. The van der Waals surface area contributed by atoms with Gasteiger partial charge in [-0.25, -0.2) is 5.43 Å². The number of hydrogen-bond acceptors (Lipinski definition) is 4. The molecule has 23 heavy (non-hydrogen) atoms. The highest BCUT2D eigenvalue weighted by Crippen LogP contribution is 2.25. The highest BCUT2D eigenvalue weighted by Gasteiger charge is 2.05. The lowest BCUT2D eigenvalue weighted by molar-refractivity contribution is -0.119. The number of nitrogens with zero attached hydrogens (tertiary/aromatic N) is 1. The van der Waals surface area contributed by atoms with Crippen LogP contribution >= 0.6 is 56.8 Å². The fraction of sp³-hybridized carbons (Fsp3) is 0.0667. The van der Waals surface area contributed by atoms with Gasteiger partial charge in [0.05, 0.1) is 16.3 Å². The summed E-state index contributed by atoms with van der Waals surface area (Å²) >= 11 is 9.98. The first-order chi connectivity index (χ1) is 11.0. The molecule has 0 aromatic heterocycles. The number of carbonyl (C=O) groups excluding carboxylic acids is 1. The smallest absolute Gasteiger partial charge is 0.259 e. The van der Waals surface area contributed by atoms with E-state index in [0.29, 0.717) is 10.6 Å². The van der Waals surface area contributed by atoms with E-state index < -0.39 is 0 Å². The topological polar surface area (TPSA) is 73.7 Å². The first-order valence-corrected chi connectivity index (χ1v) is 8.98. The lowest BCUT2D eigenvalue weighted by Gasteiger charge is -2.05. The number of hydrogen-bond donors (Lipinski definition) is 3. The van der Waals surface area contributed by atoms with Crippen molar-refractivity contribution in [3.63, 3.8) is 0 Å². The Morgan fingerprint density at radius 3 is 2.65 bits per heavy atom. The van der Waals surface area contributed by atoms with Crippen molar-refractivity contribution in [3.8, 4) is 5.75 Å². The third kappa shape index (κ3) is 5.81. The summed E-state index contributed by atoms with van der Waals surface area (Å²) in [5.41, 5.74) is 3.74. The van der Waals surface area contributed by atoms with Crippen LogP contribution in [0.5, 0.6) is 5.75 Å². The predicted molar refractivity (Wildman–Crippen MR) is 109 cm³/mol. The van der Waals surface area contributed by atoms with E-state index in [-0.39, 0.29) is 18.2 Å². The molecule has 0 spiro atoms. The van der Waals surface area contributed by atoms with Crippen LogP contribution in [-0.2, 0) is 4.79 Å². The molecule has 2 aromatic carbocycles. The molecule has 8 heteroatoms. The number of amides is 1. The Morgan fingerprint density at radius 2 is 1.96 bits per heavy atom. The van der Waals surface area contributed by atoms with Crippen LogP contribution in [-0.4, -0.2) is 23.8 Å². The molecule has 0 radical (unpaired) electrons. The highest BCUT2D eigenvalue weighted by molar-refractivity contribution is 14.1. The molecule has 120 valence electrons. The van der Waals surface area contributed by atoms with Gasteiger partial charge in [0, 0.05) is 19.8 Å². The van der Waals surface area contributed by atoms with Gasteiger partial charge in [0.25, 0.3) is 5.91 Å². The maximum absolute atomic E-state index is 11.7. The third-order valence-electron chi connectivity index (χ3n) is 2.75. The standard InChI is InChI=1S/C15H12ClI2N3O2/c16-10-1-3-12(4-2-10)19-8-14(22)21-20-7-9-5-11(17)6-13(18)15(9)23/h1-7,19,23H,8H2,(H,21,22)/b20-7-. The van der Waals surface area contributed by atoms with E-state index in [4.69, 9.17) is 11.6 Å². The number of benzene rings is 2. The summed E-state index contributed by atoms with van der Waals surface area (Å²) in [5.74, 6) is -0.153. The Labute approximate surface area is 165 Å². The number of anilines is 1. The molecule has 0 saturated heterocycles. The molecule has 0 aliphatic carbocycles. The van der Waals surface area contributed by atoms with Gasteiger partial charge < -0.3 is 10.4 Å². The van der Waals surface area contributed by atoms with Crippen LogP contribution in [0, 0.1) is 7.14 Å². The molecule has 0 aliphatic rings. The van der Waals surface area contributed by atoms with E-state index in [1.54, 1.807) is 30.3 Å². The number of halogens is 3. The molecule has 2 rings (SSSR count). The van der Waals surface area contributed by atoms with Crippen LogP contribution in [0.4, 0.5) is 5.69 Å². The molecule has 5 nitrogen and oxygen atoms in total. The molecule has 3 N–H and O–H groups in total. The summed E-state index contributed by atoms with van der Waals surface area (Å²) < 4.78 is 1.70. The van der Waals surface area contributed by atoms with Gasteiger partial charge in [-0.05, 0) is 81.6 Å². The van der Waals surface area contributed by atoms with Gasteiger partial charge in [-0.1, -0.05) is 11.6 Å². The highest BCUT2D eigenvalue weighted by atomic mass is 127. The van der Waals surface area contributed by atoms with E-state index in [1.807, 2.05) is 28.7 Å². The van der Waals surface area contributed by atoms with Gasteiger partial charge in [-0.15, -0.1) is 0 Å². The van der Waals surface area contributed by atoms with Gasteiger partial charge >= 0.3 is 0 Å². The molecule has 0 unspecified atom stereocenters. The number of hydrazone groups is 1. The van der Waals surface area contributed by atoms with Crippen molar-refractivity contribution in [2.24, 2.45) is 5.10 Å². The molecule has 1 amide bonds. The maximum atomic E-state index is 11.7. The van der Waals surface area contributed by atoms with Gasteiger partial charge in [0.1, 0.15) is 5.75 Å². The fourth-order valence-corrected chi connectivity index (χ4v) is 3.66. The van der Waals surface area contributed by atoms with Crippen molar-refractivity contribution in [3.05, 3.63) is 54.1 Å². The molecule has 0 atom stereocenters. The molecular formula is C15H12ClI2N3O2. The summed E-state index contributed by atoms with van der Waals surface area (Å²) in [5, 5.41) is 17.4. The minimum atomic E-state index is -0.295. The number of rotatable bonds is 5. The largest absolute Gasteiger partial charge is 0.506 e. The van der Waals surface area contributed by atoms with E-state index >= 15 is 0 Å². The van der Waals surface area contributed by atoms with Gasteiger partial charge in [0.2, 0.25) is 0 Å². The zero-order chi connectivity index (χ0) is 16.8. The monoisotopic (exact) mass is 555 g/mol. The lowest BCUT2D eigenvalue weighted by Crippen LogP contribution is -2.25. The molecular weight excluding hydrogens is 543 g/mol. The number of phenolic OH excluding ortho intramolecular Hbond substituents is 1. The van der Waals surface area contributed by atoms with Crippen molar-refractivity contribution in [2.75, 3.05) is 11.9 Å². The number of nitrogens with one attached hydrogen (secondary N) is 2. The molecule has 2 aromatic rings. The van der Waals surface area contributed by atoms with Crippen LogP contribution in [0.1, 0.15) is 5.56 Å². The Bertz CT molecular complexity index is 736. The van der Waals surface area contributed by atoms with Crippen LogP contribution in [0.25, 0.3) is 0 Å². The first-order valence-electron chi connectivity index (χ1n) is 6.45. The zero-order valence-corrected chi connectivity index (χ0v) is 16.8. The SMILES string of the molecule is O=C(CNc1ccc(Cl)cc1)N/N=C\c1cc(I)cc(I)c1O. The van der Waals surface area contributed by atoms with Crippen molar-refractivity contribution in [1.29, 1.82) is 0 Å². The van der Waals surface area contributed by atoms with Crippen LogP contribution in [0.3, 0.4) is 0 Å².